The van der Waals surface area contributed by atoms with E-state index in [1.807, 2.05) is 18.7 Å². The number of aromatic nitrogens is 2. The average Bonchev–Trinajstić information content (AvgIpc) is 2.62. The molecule has 0 unspecified atom stereocenters. The molecule has 2 N–H and O–H groups in total. The summed E-state index contributed by atoms with van der Waals surface area (Å²) in [5.41, 5.74) is 0. The molecule has 2 rings (SSSR count). The smallest absolute Gasteiger partial charge is 0.315 e. The maximum absolute atomic E-state index is 12.2. The van der Waals surface area contributed by atoms with E-state index in [4.69, 9.17) is 0 Å². The van der Waals surface area contributed by atoms with E-state index in [0.29, 0.717) is 32.0 Å². The van der Waals surface area contributed by atoms with Gasteiger partial charge in [-0.3, -0.25) is 4.79 Å². The zero-order valence-electron chi connectivity index (χ0n) is 14.4. The number of carbonyl (C=O) groups is 2. The molecule has 3 amide bonds. The Hall–Kier alpha value is -2.38. The lowest BCUT2D eigenvalue weighted by Gasteiger charge is -2.34. The van der Waals surface area contributed by atoms with Crippen molar-refractivity contribution in [3.63, 3.8) is 0 Å². The van der Waals surface area contributed by atoms with Gasteiger partial charge in [0.05, 0.1) is 0 Å². The topological polar surface area (TPSA) is 90.5 Å². The number of urea groups is 1. The number of hydrogen-bond donors (Lipinski definition) is 2. The summed E-state index contributed by atoms with van der Waals surface area (Å²) in [4.78, 5) is 36.2. The summed E-state index contributed by atoms with van der Waals surface area (Å²) in [5.74, 6) is 0.764. The predicted octanol–water partition coefficient (Wildman–Crippen LogP) is 0.613. The third-order valence-corrected chi connectivity index (χ3v) is 4.08. The molecule has 8 heteroatoms. The molecule has 0 bridgehead atoms. The molecular weight excluding hydrogens is 308 g/mol. The standard InChI is InChI=1S/C16H26N6O2/c1-3-13(2)20-16(24)19-8-5-14(23)21-9-11-22(12-10-21)15-17-6-4-7-18-15/h4,6-7,13H,3,5,8-12H2,1-2H3,(H2,19,20,24)/t13-/m1/s1. The summed E-state index contributed by atoms with van der Waals surface area (Å²) >= 11 is 0. The fraction of sp³-hybridized carbons (Fsp3) is 0.625. The van der Waals surface area contributed by atoms with Crippen molar-refractivity contribution < 1.29 is 9.59 Å². The Kier molecular flexibility index (Phi) is 6.77. The number of hydrogen-bond acceptors (Lipinski definition) is 5. The van der Waals surface area contributed by atoms with Crippen molar-refractivity contribution in [1.29, 1.82) is 0 Å². The van der Waals surface area contributed by atoms with E-state index in [0.717, 1.165) is 19.5 Å². The SMILES string of the molecule is CC[C@@H](C)NC(=O)NCCC(=O)N1CCN(c2ncccn2)CC1. The second-order valence-corrected chi connectivity index (χ2v) is 5.88. The van der Waals surface area contributed by atoms with E-state index in [-0.39, 0.29) is 18.0 Å². The minimum Gasteiger partial charge on any atom is -0.339 e. The molecule has 1 aromatic heterocycles. The molecule has 8 nitrogen and oxygen atoms in total. The van der Waals surface area contributed by atoms with Crippen LogP contribution >= 0.6 is 0 Å². The zero-order valence-corrected chi connectivity index (χ0v) is 14.4. The van der Waals surface area contributed by atoms with Crippen LogP contribution in [0.3, 0.4) is 0 Å². The molecule has 1 atom stereocenters. The summed E-state index contributed by atoms with van der Waals surface area (Å²) in [7, 11) is 0. The van der Waals surface area contributed by atoms with Gasteiger partial charge < -0.3 is 20.4 Å². The predicted molar refractivity (Wildman–Crippen MR) is 91.7 cm³/mol. The van der Waals surface area contributed by atoms with Crippen LogP contribution in [0.25, 0.3) is 0 Å². The van der Waals surface area contributed by atoms with Gasteiger partial charge in [0.1, 0.15) is 0 Å². The third kappa shape index (κ3) is 5.36. The van der Waals surface area contributed by atoms with Crippen molar-refractivity contribution >= 4 is 17.9 Å². The van der Waals surface area contributed by atoms with Crippen LogP contribution < -0.4 is 15.5 Å². The fourth-order valence-corrected chi connectivity index (χ4v) is 2.43. The summed E-state index contributed by atoms with van der Waals surface area (Å²) in [6, 6.07) is 1.70. The summed E-state index contributed by atoms with van der Waals surface area (Å²) < 4.78 is 0. The van der Waals surface area contributed by atoms with Gasteiger partial charge in [0.25, 0.3) is 0 Å². The number of rotatable bonds is 6. The highest BCUT2D eigenvalue weighted by atomic mass is 16.2. The van der Waals surface area contributed by atoms with Gasteiger partial charge in [-0.2, -0.15) is 0 Å². The molecule has 0 aromatic carbocycles. The van der Waals surface area contributed by atoms with E-state index in [1.54, 1.807) is 18.5 Å². The van der Waals surface area contributed by atoms with Crippen LogP contribution in [-0.4, -0.2) is 65.6 Å². The minimum absolute atomic E-state index is 0.0625. The van der Waals surface area contributed by atoms with Gasteiger partial charge in [0.2, 0.25) is 11.9 Å². The molecule has 1 aliphatic rings. The molecule has 132 valence electrons. The van der Waals surface area contributed by atoms with E-state index < -0.39 is 0 Å². The number of piperazine rings is 1. The van der Waals surface area contributed by atoms with Crippen LogP contribution in [0.1, 0.15) is 26.7 Å². The van der Waals surface area contributed by atoms with Crippen molar-refractivity contribution in [2.24, 2.45) is 0 Å². The molecule has 0 spiro atoms. The minimum atomic E-state index is -0.219. The molecule has 0 saturated carbocycles. The van der Waals surface area contributed by atoms with Crippen LogP contribution in [0.5, 0.6) is 0 Å². The molecule has 0 radical (unpaired) electrons. The largest absolute Gasteiger partial charge is 0.339 e. The lowest BCUT2D eigenvalue weighted by molar-refractivity contribution is -0.131. The van der Waals surface area contributed by atoms with Crippen molar-refractivity contribution in [2.75, 3.05) is 37.6 Å². The van der Waals surface area contributed by atoms with Gasteiger partial charge in [-0.15, -0.1) is 0 Å². The Morgan fingerprint density at radius 1 is 1.21 bits per heavy atom. The number of amides is 3. The van der Waals surface area contributed by atoms with E-state index >= 15 is 0 Å². The highest BCUT2D eigenvalue weighted by molar-refractivity contribution is 5.78. The lowest BCUT2D eigenvalue weighted by Crippen LogP contribution is -2.50. The van der Waals surface area contributed by atoms with Crippen LogP contribution in [0, 0.1) is 0 Å². The first-order valence-corrected chi connectivity index (χ1v) is 8.44. The average molecular weight is 334 g/mol. The maximum atomic E-state index is 12.2. The highest BCUT2D eigenvalue weighted by Gasteiger charge is 2.22. The number of nitrogens with one attached hydrogen (secondary N) is 2. The van der Waals surface area contributed by atoms with Crippen molar-refractivity contribution in [3.05, 3.63) is 18.5 Å². The number of anilines is 1. The molecule has 1 saturated heterocycles. The zero-order chi connectivity index (χ0) is 17.4. The van der Waals surface area contributed by atoms with Crippen LogP contribution in [0.2, 0.25) is 0 Å². The van der Waals surface area contributed by atoms with Crippen LogP contribution in [0.15, 0.2) is 18.5 Å². The van der Waals surface area contributed by atoms with Gasteiger partial charge in [0, 0.05) is 57.6 Å². The Morgan fingerprint density at radius 2 is 1.88 bits per heavy atom. The van der Waals surface area contributed by atoms with Crippen molar-refractivity contribution in [1.82, 2.24) is 25.5 Å². The number of carbonyl (C=O) groups excluding carboxylic acids is 2. The van der Waals surface area contributed by atoms with E-state index in [9.17, 15) is 9.59 Å². The Bertz CT molecular complexity index is 531. The normalized spacial score (nSPS) is 15.8. The van der Waals surface area contributed by atoms with E-state index in [2.05, 4.69) is 25.5 Å². The molecule has 24 heavy (non-hydrogen) atoms. The molecule has 1 aromatic rings. The van der Waals surface area contributed by atoms with E-state index in [1.165, 1.54) is 0 Å². The van der Waals surface area contributed by atoms with Crippen molar-refractivity contribution in [3.8, 4) is 0 Å². The van der Waals surface area contributed by atoms with Crippen molar-refractivity contribution in [2.45, 2.75) is 32.7 Å². The molecular formula is C16H26N6O2. The quantitative estimate of drug-likeness (QED) is 0.796. The first-order valence-electron chi connectivity index (χ1n) is 8.44. The van der Waals surface area contributed by atoms with Gasteiger partial charge in [0.15, 0.2) is 0 Å². The summed E-state index contributed by atoms with van der Waals surface area (Å²) in [6.45, 7) is 7.04. The van der Waals surface area contributed by atoms with Crippen LogP contribution in [-0.2, 0) is 4.79 Å². The van der Waals surface area contributed by atoms with Gasteiger partial charge in [-0.25, -0.2) is 14.8 Å². The number of nitrogens with zero attached hydrogens (tertiary/aromatic N) is 4. The Morgan fingerprint density at radius 3 is 2.50 bits per heavy atom. The Labute approximate surface area is 142 Å². The molecule has 1 fully saturated rings. The van der Waals surface area contributed by atoms with Gasteiger partial charge in [-0.1, -0.05) is 6.92 Å². The molecule has 2 heterocycles. The second-order valence-electron chi connectivity index (χ2n) is 5.88. The summed E-state index contributed by atoms with van der Waals surface area (Å²) in [6.07, 6.45) is 4.63. The van der Waals surface area contributed by atoms with Gasteiger partial charge >= 0.3 is 6.03 Å². The molecule has 0 aliphatic carbocycles. The van der Waals surface area contributed by atoms with Crippen LogP contribution in [0.4, 0.5) is 10.7 Å². The van der Waals surface area contributed by atoms with Gasteiger partial charge in [-0.05, 0) is 19.4 Å². The monoisotopic (exact) mass is 334 g/mol. The highest BCUT2D eigenvalue weighted by Crippen LogP contribution is 2.10. The lowest BCUT2D eigenvalue weighted by atomic mass is 10.2. The second kappa shape index (κ2) is 9.05. The Balaban J connectivity index is 1.67. The first-order chi connectivity index (χ1) is 11.6. The first kappa shape index (κ1) is 18.0. The summed E-state index contributed by atoms with van der Waals surface area (Å²) in [5, 5.41) is 5.54. The molecule has 1 aliphatic heterocycles. The fourth-order valence-electron chi connectivity index (χ4n) is 2.43. The third-order valence-electron chi connectivity index (χ3n) is 4.08. The maximum Gasteiger partial charge on any atom is 0.315 e.